The maximum atomic E-state index is 11.8. The first-order chi connectivity index (χ1) is 8.66. The summed E-state index contributed by atoms with van der Waals surface area (Å²) >= 11 is 11.6. The van der Waals surface area contributed by atoms with Crippen LogP contribution in [-0.4, -0.2) is 12.0 Å². The van der Waals surface area contributed by atoms with Crippen LogP contribution in [0.5, 0.6) is 0 Å². The van der Waals surface area contributed by atoms with Crippen molar-refractivity contribution in [2.75, 3.05) is 0 Å². The number of hydrogen-bond acceptors (Lipinski definition) is 2. The highest BCUT2D eigenvalue weighted by molar-refractivity contribution is 6.42. The molecule has 0 fully saturated rings. The van der Waals surface area contributed by atoms with Gasteiger partial charge in [-0.25, -0.2) is 0 Å². The third-order valence-corrected chi connectivity index (χ3v) is 3.03. The third-order valence-electron chi connectivity index (χ3n) is 2.29. The Labute approximate surface area is 115 Å². The average Bonchev–Trinajstić information content (AvgIpc) is 2.41. The Bertz CT molecular complexity index is 594. The summed E-state index contributed by atoms with van der Waals surface area (Å²) in [5, 5.41) is 0.878. The van der Waals surface area contributed by atoms with Gasteiger partial charge in [-0.1, -0.05) is 53.5 Å². The molecule has 0 N–H and O–H groups in total. The maximum Gasteiger partial charge on any atom is 0.204 e. The second kappa shape index (κ2) is 5.80. The van der Waals surface area contributed by atoms with E-state index in [9.17, 15) is 4.79 Å². The first kappa shape index (κ1) is 12.8. The van der Waals surface area contributed by atoms with Gasteiger partial charge in [0.15, 0.2) is 0 Å². The van der Waals surface area contributed by atoms with Crippen molar-refractivity contribution < 1.29 is 4.79 Å². The lowest BCUT2D eigenvalue weighted by molar-refractivity contribution is 0.107. The second-order valence-electron chi connectivity index (χ2n) is 3.59. The Hall–Kier alpha value is -1.64. The molecule has 0 aromatic heterocycles. The zero-order valence-electron chi connectivity index (χ0n) is 9.31. The molecule has 0 bridgehead atoms. The van der Waals surface area contributed by atoms with Gasteiger partial charge in [0.25, 0.3) is 0 Å². The van der Waals surface area contributed by atoms with E-state index in [1.807, 2.05) is 6.07 Å². The molecule has 18 heavy (non-hydrogen) atoms. The van der Waals surface area contributed by atoms with E-state index >= 15 is 0 Å². The summed E-state index contributed by atoms with van der Waals surface area (Å²) in [5.41, 5.74) is 1.19. The van der Waals surface area contributed by atoms with Crippen LogP contribution in [0.2, 0.25) is 10.0 Å². The molecule has 0 radical (unpaired) electrons. The molecule has 0 unspecified atom stereocenters. The van der Waals surface area contributed by atoms with Gasteiger partial charge in [-0.2, -0.15) is 0 Å². The summed E-state index contributed by atoms with van der Waals surface area (Å²) in [6.45, 7) is 0. The van der Waals surface area contributed by atoms with Crippen molar-refractivity contribution in [1.29, 1.82) is 0 Å². The Balaban J connectivity index is 2.16. The van der Waals surface area contributed by atoms with Gasteiger partial charge in [0.1, 0.15) is 0 Å². The van der Waals surface area contributed by atoms with Crippen LogP contribution in [-0.2, 0) is 0 Å². The van der Waals surface area contributed by atoms with E-state index < -0.39 is 0 Å². The van der Waals surface area contributed by atoms with Gasteiger partial charge in [-0.15, -0.1) is 0 Å². The highest BCUT2D eigenvalue weighted by atomic mass is 35.5. The van der Waals surface area contributed by atoms with Crippen LogP contribution in [0, 0.1) is 0 Å². The smallest absolute Gasteiger partial charge is 0.204 e. The minimum Gasteiger partial charge on any atom is -0.288 e. The number of hydrogen-bond donors (Lipinski definition) is 0. The molecule has 0 aliphatic heterocycles. The molecule has 4 heteroatoms. The van der Waals surface area contributed by atoms with Gasteiger partial charge in [-0.05, 0) is 18.2 Å². The van der Waals surface area contributed by atoms with Gasteiger partial charge in [0.05, 0.1) is 21.9 Å². The molecule has 0 atom stereocenters. The number of Topliss-reactive ketones (excluding diaryl/α,β-unsaturated/α-hetero) is 1. The Kier molecular flexibility index (Phi) is 4.13. The Morgan fingerprint density at radius 1 is 1.00 bits per heavy atom. The predicted octanol–water partition coefficient (Wildman–Crippen LogP) is 4.58. The van der Waals surface area contributed by atoms with Crippen molar-refractivity contribution in [2.45, 2.75) is 0 Å². The summed E-state index contributed by atoms with van der Waals surface area (Å²) in [7, 11) is 0. The molecule has 2 aromatic rings. The molecular weight excluding hydrogens is 269 g/mol. The molecule has 0 amide bonds. The van der Waals surface area contributed by atoms with Crippen LogP contribution < -0.4 is 0 Å². The Morgan fingerprint density at radius 3 is 2.39 bits per heavy atom. The molecule has 0 aliphatic carbocycles. The van der Waals surface area contributed by atoms with Gasteiger partial charge in [0, 0.05) is 5.56 Å². The first-order valence-electron chi connectivity index (χ1n) is 5.25. The molecule has 2 rings (SSSR count). The number of carbonyl (C=O) groups excluding carboxylic acids is 1. The quantitative estimate of drug-likeness (QED) is 0.597. The number of aliphatic imine (C=N–C) groups is 1. The van der Waals surface area contributed by atoms with Crippen LogP contribution >= 0.6 is 23.2 Å². The van der Waals surface area contributed by atoms with Gasteiger partial charge in [-0.3, -0.25) is 9.79 Å². The number of benzene rings is 2. The fourth-order valence-electron chi connectivity index (χ4n) is 1.38. The fraction of sp³-hybridized carbons (Fsp3) is 0. The van der Waals surface area contributed by atoms with Crippen LogP contribution in [0.25, 0.3) is 0 Å². The summed E-state index contributed by atoms with van der Waals surface area (Å²) in [6, 6.07) is 13.9. The molecule has 0 saturated carbocycles. The van der Waals surface area contributed by atoms with E-state index in [-0.39, 0.29) is 5.78 Å². The van der Waals surface area contributed by atoms with E-state index in [1.54, 1.807) is 42.5 Å². The van der Waals surface area contributed by atoms with E-state index in [0.29, 0.717) is 21.3 Å². The van der Waals surface area contributed by atoms with Crippen molar-refractivity contribution >= 4 is 40.9 Å². The zero-order valence-corrected chi connectivity index (χ0v) is 10.8. The van der Waals surface area contributed by atoms with E-state index in [4.69, 9.17) is 23.2 Å². The first-order valence-corrected chi connectivity index (χ1v) is 6.01. The maximum absolute atomic E-state index is 11.8. The molecule has 0 spiro atoms. The molecule has 90 valence electrons. The highest BCUT2D eigenvalue weighted by Gasteiger charge is 2.01. The lowest BCUT2D eigenvalue weighted by atomic mass is 10.1. The summed E-state index contributed by atoms with van der Waals surface area (Å²) in [4.78, 5) is 15.8. The fourth-order valence-corrected chi connectivity index (χ4v) is 1.67. The van der Waals surface area contributed by atoms with Crippen LogP contribution in [0.4, 0.5) is 5.69 Å². The number of nitrogens with zero attached hydrogens (tertiary/aromatic N) is 1. The summed E-state index contributed by atoms with van der Waals surface area (Å²) in [6.07, 6.45) is 1.27. The molecule has 2 aromatic carbocycles. The molecule has 0 heterocycles. The zero-order chi connectivity index (χ0) is 13.0. The number of rotatable bonds is 3. The predicted molar refractivity (Wildman–Crippen MR) is 75.4 cm³/mol. The van der Waals surface area contributed by atoms with Crippen molar-refractivity contribution in [2.24, 2.45) is 4.99 Å². The topological polar surface area (TPSA) is 29.4 Å². The van der Waals surface area contributed by atoms with Gasteiger partial charge in [0.2, 0.25) is 5.78 Å². The molecular formula is C14H9Cl2NO. The summed E-state index contributed by atoms with van der Waals surface area (Å²) in [5.74, 6) is -0.151. The number of carbonyl (C=O) groups is 1. The minimum atomic E-state index is -0.151. The van der Waals surface area contributed by atoms with E-state index in [2.05, 4.69) is 4.99 Å². The third kappa shape index (κ3) is 3.19. The van der Waals surface area contributed by atoms with E-state index in [1.165, 1.54) is 6.21 Å². The van der Waals surface area contributed by atoms with Crippen LogP contribution in [0.1, 0.15) is 10.4 Å². The van der Waals surface area contributed by atoms with Crippen molar-refractivity contribution in [3.05, 3.63) is 64.1 Å². The number of ketones is 1. The van der Waals surface area contributed by atoms with Crippen molar-refractivity contribution in [3.8, 4) is 0 Å². The molecule has 0 saturated heterocycles. The Morgan fingerprint density at radius 2 is 1.72 bits per heavy atom. The normalized spacial score (nSPS) is 10.8. The highest BCUT2D eigenvalue weighted by Crippen LogP contribution is 2.26. The molecule has 0 aliphatic rings. The lowest BCUT2D eigenvalue weighted by Gasteiger charge is -1.97. The summed E-state index contributed by atoms with van der Waals surface area (Å²) < 4.78 is 0. The van der Waals surface area contributed by atoms with Crippen molar-refractivity contribution in [3.63, 3.8) is 0 Å². The standard InChI is InChI=1S/C14H9Cl2NO/c15-12-7-6-11(8-13(12)16)17-9-14(18)10-4-2-1-3-5-10/h1-9H. The second-order valence-corrected chi connectivity index (χ2v) is 4.40. The minimum absolute atomic E-state index is 0.151. The van der Waals surface area contributed by atoms with Gasteiger partial charge < -0.3 is 0 Å². The lowest BCUT2D eigenvalue weighted by Crippen LogP contribution is -1.98. The van der Waals surface area contributed by atoms with Crippen LogP contribution in [0.3, 0.4) is 0 Å². The number of halogens is 2. The molecule has 2 nitrogen and oxygen atoms in total. The van der Waals surface area contributed by atoms with Crippen molar-refractivity contribution in [1.82, 2.24) is 0 Å². The largest absolute Gasteiger partial charge is 0.288 e. The van der Waals surface area contributed by atoms with E-state index in [0.717, 1.165) is 0 Å². The monoisotopic (exact) mass is 277 g/mol. The SMILES string of the molecule is O=C(C=Nc1ccc(Cl)c(Cl)c1)c1ccccc1. The van der Waals surface area contributed by atoms with Crippen LogP contribution in [0.15, 0.2) is 53.5 Å². The van der Waals surface area contributed by atoms with Gasteiger partial charge >= 0.3 is 0 Å². The average molecular weight is 278 g/mol.